The molecule has 1 aliphatic heterocycles. The highest BCUT2D eigenvalue weighted by molar-refractivity contribution is 5.93. The van der Waals surface area contributed by atoms with Crippen LogP contribution >= 0.6 is 0 Å². The molecular weight excluding hydrogens is 358 g/mol. The van der Waals surface area contributed by atoms with Crippen molar-refractivity contribution in [3.05, 3.63) is 29.9 Å². The van der Waals surface area contributed by atoms with Gasteiger partial charge in [-0.05, 0) is 25.5 Å². The summed E-state index contributed by atoms with van der Waals surface area (Å²) in [7, 11) is 0. The normalized spacial score (nSPS) is 14.1. The lowest BCUT2D eigenvalue weighted by molar-refractivity contribution is 0.297. The summed E-state index contributed by atoms with van der Waals surface area (Å²) in [5.41, 5.74) is 0.905. The second kappa shape index (κ2) is 9.96. The number of fused-ring (bicyclic) bond motifs is 1. The van der Waals surface area contributed by atoms with Crippen LogP contribution in [-0.2, 0) is 6.42 Å². The van der Waals surface area contributed by atoms with Gasteiger partial charge in [0.2, 0.25) is 5.89 Å². The number of guanidine groups is 1. The van der Waals surface area contributed by atoms with E-state index in [-0.39, 0.29) is 5.92 Å². The van der Waals surface area contributed by atoms with Crippen LogP contribution in [0.1, 0.15) is 51.2 Å². The summed E-state index contributed by atoms with van der Waals surface area (Å²) in [5.74, 6) is 3.96. The van der Waals surface area contributed by atoms with E-state index < -0.39 is 0 Å². The maximum absolute atomic E-state index is 5.75. The highest BCUT2D eigenvalue weighted by Gasteiger charge is 2.12. The Kier molecular flexibility index (Phi) is 7.11. The molecule has 1 aromatic carbocycles. The Hall–Kier alpha value is -2.77. The van der Waals surface area contributed by atoms with Gasteiger partial charge in [-0.25, -0.2) is 0 Å². The smallest absolute Gasteiger partial charge is 0.226 e. The third kappa shape index (κ3) is 5.61. The Morgan fingerprint density at radius 2 is 2.04 bits per heavy atom. The maximum Gasteiger partial charge on any atom is 0.226 e. The predicted octanol–water partition coefficient (Wildman–Crippen LogP) is 3.36. The minimum Gasteiger partial charge on any atom is -0.490 e. The number of nitrogens with one attached hydrogen (secondary N) is 2. The van der Waals surface area contributed by atoms with Gasteiger partial charge in [-0.15, -0.1) is 0 Å². The van der Waals surface area contributed by atoms with E-state index in [2.05, 4.69) is 25.8 Å². The van der Waals surface area contributed by atoms with E-state index in [0.717, 1.165) is 48.4 Å². The molecule has 28 heavy (non-hydrogen) atoms. The molecule has 8 heteroatoms. The average molecular weight is 387 g/mol. The summed E-state index contributed by atoms with van der Waals surface area (Å²) in [5, 5.41) is 10.6. The third-order valence-corrected chi connectivity index (χ3v) is 4.17. The van der Waals surface area contributed by atoms with Crippen molar-refractivity contribution < 1.29 is 14.0 Å². The van der Waals surface area contributed by atoms with Gasteiger partial charge < -0.3 is 24.6 Å². The van der Waals surface area contributed by atoms with Crippen molar-refractivity contribution in [2.24, 2.45) is 4.99 Å². The molecule has 0 unspecified atom stereocenters. The molecule has 0 fully saturated rings. The van der Waals surface area contributed by atoms with Crippen molar-refractivity contribution in [1.29, 1.82) is 0 Å². The van der Waals surface area contributed by atoms with E-state index in [1.54, 1.807) is 0 Å². The molecule has 0 atom stereocenters. The topological polar surface area (TPSA) is 93.8 Å². The molecule has 0 spiro atoms. The molecule has 0 aliphatic carbocycles. The molecule has 8 nitrogen and oxygen atoms in total. The molecule has 2 heterocycles. The molecule has 0 saturated heterocycles. The first-order chi connectivity index (χ1) is 13.7. The van der Waals surface area contributed by atoms with Crippen molar-refractivity contribution in [1.82, 2.24) is 15.5 Å². The summed E-state index contributed by atoms with van der Waals surface area (Å²) < 4.78 is 16.7. The van der Waals surface area contributed by atoms with E-state index in [1.165, 1.54) is 0 Å². The van der Waals surface area contributed by atoms with Crippen molar-refractivity contribution >= 4 is 11.6 Å². The van der Waals surface area contributed by atoms with Gasteiger partial charge in [0.25, 0.3) is 0 Å². The Morgan fingerprint density at radius 3 is 2.79 bits per heavy atom. The highest BCUT2D eigenvalue weighted by Crippen LogP contribution is 2.32. The average Bonchev–Trinajstić information content (AvgIpc) is 3.04. The number of rotatable bonds is 7. The fraction of sp³-hybridized carbons (Fsp3) is 0.550. The molecule has 2 aromatic rings. The number of hydrogen-bond acceptors (Lipinski definition) is 6. The van der Waals surface area contributed by atoms with Crippen LogP contribution in [0.25, 0.3) is 0 Å². The first-order valence-corrected chi connectivity index (χ1v) is 9.93. The number of ether oxygens (including phenoxy) is 2. The van der Waals surface area contributed by atoms with Gasteiger partial charge in [0.05, 0.1) is 13.2 Å². The second-order valence-corrected chi connectivity index (χ2v) is 6.90. The molecular formula is C20H29N5O3. The lowest BCUT2D eigenvalue weighted by atomic mass is 10.2. The quantitative estimate of drug-likeness (QED) is 0.427. The minimum absolute atomic E-state index is 0.273. The van der Waals surface area contributed by atoms with Crippen LogP contribution in [0, 0.1) is 0 Å². The SMILES string of the molecule is CCNC(=NCCCc1nc(C(C)C)no1)Nc1ccc2c(c1)OCCCO2. The Morgan fingerprint density at radius 1 is 1.21 bits per heavy atom. The fourth-order valence-electron chi connectivity index (χ4n) is 2.71. The minimum atomic E-state index is 0.273. The van der Waals surface area contributed by atoms with Gasteiger partial charge in [-0.3, -0.25) is 4.99 Å². The first-order valence-electron chi connectivity index (χ1n) is 9.93. The monoisotopic (exact) mass is 387 g/mol. The molecule has 152 valence electrons. The van der Waals surface area contributed by atoms with Crippen LogP contribution in [0.4, 0.5) is 5.69 Å². The Balaban J connectivity index is 1.55. The maximum atomic E-state index is 5.75. The van der Waals surface area contributed by atoms with E-state index >= 15 is 0 Å². The van der Waals surface area contributed by atoms with E-state index in [0.29, 0.717) is 32.1 Å². The standard InChI is InChI=1S/C20H29N5O3/c1-4-21-20(22-10-5-7-18-24-19(14(2)3)25-28-18)23-15-8-9-16-17(13-15)27-12-6-11-26-16/h8-9,13-14H,4-7,10-12H2,1-3H3,(H2,21,22,23). The zero-order valence-electron chi connectivity index (χ0n) is 16.8. The van der Waals surface area contributed by atoms with Crippen LogP contribution in [0.5, 0.6) is 11.5 Å². The van der Waals surface area contributed by atoms with Gasteiger partial charge in [-0.1, -0.05) is 19.0 Å². The summed E-state index contributed by atoms with van der Waals surface area (Å²) in [6.45, 7) is 8.91. The van der Waals surface area contributed by atoms with Gasteiger partial charge >= 0.3 is 0 Å². The first kappa shape index (κ1) is 20.0. The van der Waals surface area contributed by atoms with Crippen LogP contribution in [-0.4, -0.2) is 42.4 Å². The van der Waals surface area contributed by atoms with E-state index in [1.807, 2.05) is 39.0 Å². The van der Waals surface area contributed by atoms with Gasteiger partial charge in [-0.2, -0.15) is 4.98 Å². The molecule has 0 amide bonds. The summed E-state index contributed by atoms with van der Waals surface area (Å²) in [6.07, 6.45) is 2.43. The summed E-state index contributed by atoms with van der Waals surface area (Å²) >= 11 is 0. The van der Waals surface area contributed by atoms with Crippen LogP contribution < -0.4 is 20.1 Å². The Bertz CT molecular complexity index is 788. The number of aliphatic imine (C=N–C) groups is 1. The number of benzene rings is 1. The number of hydrogen-bond donors (Lipinski definition) is 2. The molecule has 0 radical (unpaired) electrons. The summed E-state index contributed by atoms with van der Waals surface area (Å²) in [4.78, 5) is 9.02. The second-order valence-electron chi connectivity index (χ2n) is 6.90. The molecule has 1 aliphatic rings. The number of aryl methyl sites for hydroxylation is 1. The molecule has 0 saturated carbocycles. The fourth-order valence-corrected chi connectivity index (χ4v) is 2.71. The van der Waals surface area contributed by atoms with Crippen molar-refractivity contribution in [3.8, 4) is 11.5 Å². The van der Waals surface area contributed by atoms with Crippen molar-refractivity contribution in [2.75, 3.05) is 31.6 Å². The molecule has 0 bridgehead atoms. The molecule has 1 aromatic heterocycles. The molecule has 3 rings (SSSR count). The van der Waals surface area contributed by atoms with Crippen molar-refractivity contribution in [2.45, 2.75) is 46.0 Å². The Labute approximate surface area is 165 Å². The third-order valence-electron chi connectivity index (χ3n) is 4.17. The van der Waals surface area contributed by atoms with E-state index in [9.17, 15) is 0 Å². The lowest BCUT2D eigenvalue weighted by Gasteiger charge is -2.13. The highest BCUT2D eigenvalue weighted by atomic mass is 16.5. The number of anilines is 1. The summed E-state index contributed by atoms with van der Waals surface area (Å²) in [6, 6.07) is 5.83. The van der Waals surface area contributed by atoms with Crippen molar-refractivity contribution in [3.63, 3.8) is 0 Å². The number of aromatic nitrogens is 2. The van der Waals surface area contributed by atoms with Crippen LogP contribution in [0.3, 0.4) is 0 Å². The largest absolute Gasteiger partial charge is 0.490 e. The molecule has 2 N–H and O–H groups in total. The van der Waals surface area contributed by atoms with Gasteiger partial charge in [0, 0.05) is 43.6 Å². The van der Waals surface area contributed by atoms with Crippen LogP contribution in [0.15, 0.2) is 27.7 Å². The lowest BCUT2D eigenvalue weighted by Crippen LogP contribution is -2.30. The van der Waals surface area contributed by atoms with Crippen LogP contribution in [0.2, 0.25) is 0 Å². The zero-order valence-corrected chi connectivity index (χ0v) is 16.8. The van der Waals surface area contributed by atoms with Gasteiger partial charge in [0.1, 0.15) is 0 Å². The van der Waals surface area contributed by atoms with Gasteiger partial charge in [0.15, 0.2) is 23.3 Å². The predicted molar refractivity (Wildman–Crippen MR) is 108 cm³/mol. The van der Waals surface area contributed by atoms with E-state index in [4.69, 9.17) is 14.0 Å². The zero-order chi connectivity index (χ0) is 19.8. The number of nitrogens with zero attached hydrogens (tertiary/aromatic N) is 3.